The van der Waals surface area contributed by atoms with Gasteiger partial charge in [-0.15, -0.1) is 0 Å². The van der Waals surface area contributed by atoms with Gasteiger partial charge in [0.25, 0.3) is 0 Å². The molecule has 2 unspecified atom stereocenters. The highest BCUT2D eigenvalue weighted by Crippen LogP contribution is 2.27. The van der Waals surface area contributed by atoms with Crippen LogP contribution in [-0.4, -0.2) is 54.2 Å². The minimum Gasteiger partial charge on any atom is -0.298 e. The summed E-state index contributed by atoms with van der Waals surface area (Å²) in [5.41, 5.74) is 0. The van der Waals surface area contributed by atoms with E-state index in [1.165, 1.54) is 6.42 Å². The van der Waals surface area contributed by atoms with Crippen LogP contribution in [0, 0.1) is 0 Å². The lowest BCUT2D eigenvalue weighted by atomic mass is 9.96. The van der Waals surface area contributed by atoms with Crippen molar-refractivity contribution in [3.63, 3.8) is 0 Å². The number of rotatable bonds is 2. The first-order valence-corrected chi connectivity index (χ1v) is 6.54. The molecule has 0 saturated carbocycles. The number of hydrogen-bond acceptors (Lipinski definition) is 2. The third-order valence-corrected chi connectivity index (χ3v) is 4.01. The van der Waals surface area contributed by atoms with E-state index in [1.807, 2.05) is 6.92 Å². The van der Waals surface area contributed by atoms with E-state index in [4.69, 9.17) is 0 Å². The molecule has 100 valence electrons. The zero-order valence-electron chi connectivity index (χ0n) is 10.3. The van der Waals surface area contributed by atoms with Crippen LogP contribution < -0.4 is 0 Å². The second-order valence-electron chi connectivity index (χ2n) is 5.25. The Kier molecular flexibility index (Phi) is 3.98. The number of piperazine rings is 1. The van der Waals surface area contributed by atoms with Crippen molar-refractivity contribution in [3.8, 4) is 0 Å². The van der Waals surface area contributed by atoms with Gasteiger partial charge < -0.3 is 0 Å². The summed E-state index contributed by atoms with van der Waals surface area (Å²) in [6.45, 7) is 3.73. The normalized spacial score (nSPS) is 32.5. The van der Waals surface area contributed by atoms with Gasteiger partial charge in [-0.25, -0.2) is 0 Å². The predicted octanol–water partition coefficient (Wildman–Crippen LogP) is 2.50. The highest BCUT2D eigenvalue weighted by atomic mass is 19.4. The van der Waals surface area contributed by atoms with Crippen LogP contribution in [0.4, 0.5) is 13.2 Å². The van der Waals surface area contributed by atoms with E-state index in [1.54, 1.807) is 4.90 Å². The van der Waals surface area contributed by atoms with Gasteiger partial charge in [0.05, 0.1) is 6.54 Å². The molecule has 0 aromatic heterocycles. The summed E-state index contributed by atoms with van der Waals surface area (Å²) >= 11 is 0. The molecule has 5 heteroatoms. The lowest BCUT2D eigenvalue weighted by Crippen LogP contribution is -2.60. The molecule has 0 spiro atoms. The van der Waals surface area contributed by atoms with Crippen LogP contribution in [0.2, 0.25) is 0 Å². The van der Waals surface area contributed by atoms with Crippen LogP contribution in [0.3, 0.4) is 0 Å². The Labute approximate surface area is 101 Å². The van der Waals surface area contributed by atoms with E-state index in [0.29, 0.717) is 12.6 Å². The molecule has 0 bridgehead atoms. The average Bonchev–Trinajstić information content (AvgIpc) is 2.26. The summed E-state index contributed by atoms with van der Waals surface area (Å²) in [5, 5.41) is 0. The summed E-state index contributed by atoms with van der Waals surface area (Å²) in [6.07, 6.45) is 0.165. The van der Waals surface area contributed by atoms with Gasteiger partial charge in [0.15, 0.2) is 0 Å². The van der Waals surface area contributed by atoms with Crippen LogP contribution in [0.1, 0.15) is 32.6 Å². The summed E-state index contributed by atoms with van der Waals surface area (Å²) < 4.78 is 37.6. The largest absolute Gasteiger partial charge is 0.401 e. The van der Waals surface area contributed by atoms with E-state index in [-0.39, 0.29) is 6.04 Å². The number of alkyl halides is 3. The Morgan fingerprint density at radius 3 is 2.59 bits per heavy atom. The highest BCUT2D eigenvalue weighted by molar-refractivity contribution is 4.90. The maximum atomic E-state index is 12.5. The Morgan fingerprint density at radius 2 is 1.94 bits per heavy atom. The summed E-state index contributed by atoms with van der Waals surface area (Å²) in [6, 6.07) is 0.430. The molecule has 0 amide bonds. The Morgan fingerprint density at radius 1 is 1.18 bits per heavy atom. The van der Waals surface area contributed by atoms with Gasteiger partial charge in [-0.05, 0) is 25.8 Å². The lowest BCUT2D eigenvalue weighted by molar-refractivity contribution is -0.160. The number of nitrogens with zero attached hydrogens (tertiary/aromatic N) is 2. The smallest absolute Gasteiger partial charge is 0.298 e. The molecule has 2 atom stereocenters. The minimum atomic E-state index is -4.07. The molecule has 0 radical (unpaired) electrons. The summed E-state index contributed by atoms with van der Waals surface area (Å²) in [5.74, 6) is 0. The van der Waals surface area contributed by atoms with E-state index in [2.05, 4.69) is 4.90 Å². The van der Waals surface area contributed by atoms with E-state index >= 15 is 0 Å². The van der Waals surface area contributed by atoms with Crippen LogP contribution in [0.15, 0.2) is 0 Å². The Hall–Kier alpha value is -0.290. The Balaban J connectivity index is 1.99. The number of piperidine rings is 1. The fourth-order valence-electron chi connectivity index (χ4n) is 3.12. The van der Waals surface area contributed by atoms with Gasteiger partial charge >= 0.3 is 6.18 Å². The van der Waals surface area contributed by atoms with Crippen molar-refractivity contribution in [3.05, 3.63) is 0 Å². The van der Waals surface area contributed by atoms with Gasteiger partial charge in [0.1, 0.15) is 0 Å². The van der Waals surface area contributed by atoms with Gasteiger partial charge in [0, 0.05) is 25.2 Å². The highest BCUT2D eigenvalue weighted by Gasteiger charge is 2.39. The zero-order valence-corrected chi connectivity index (χ0v) is 10.3. The van der Waals surface area contributed by atoms with Crippen molar-refractivity contribution in [1.82, 2.24) is 9.80 Å². The van der Waals surface area contributed by atoms with Crippen LogP contribution in [-0.2, 0) is 0 Å². The van der Waals surface area contributed by atoms with Crippen LogP contribution in [0.25, 0.3) is 0 Å². The minimum absolute atomic E-state index is 0.0750. The molecule has 2 aliphatic rings. The first-order chi connectivity index (χ1) is 7.99. The first kappa shape index (κ1) is 13.1. The third kappa shape index (κ3) is 3.35. The van der Waals surface area contributed by atoms with Crippen molar-refractivity contribution in [2.24, 2.45) is 0 Å². The zero-order chi connectivity index (χ0) is 12.5. The standard InChI is InChI=1S/C12H21F3N2/c1-2-10-7-16-6-4-3-5-11(16)8-17(10)9-12(13,14)15/h10-11H,2-9H2,1H3. The SMILES string of the molecule is CCC1CN2CCCCC2CN1CC(F)(F)F. The number of hydrogen-bond donors (Lipinski definition) is 0. The first-order valence-electron chi connectivity index (χ1n) is 6.54. The molecule has 2 fully saturated rings. The second kappa shape index (κ2) is 5.14. The van der Waals surface area contributed by atoms with Crippen molar-refractivity contribution in [2.75, 3.05) is 26.2 Å². The predicted molar refractivity (Wildman–Crippen MR) is 60.9 cm³/mol. The molecule has 2 nitrogen and oxygen atoms in total. The summed E-state index contributed by atoms with van der Waals surface area (Å²) in [4.78, 5) is 4.04. The van der Waals surface area contributed by atoms with Crippen molar-refractivity contribution < 1.29 is 13.2 Å². The third-order valence-electron chi connectivity index (χ3n) is 4.01. The van der Waals surface area contributed by atoms with Crippen molar-refractivity contribution in [2.45, 2.75) is 50.9 Å². The van der Waals surface area contributed by atoms with Gasteiger partial charge in [-0.2, -0.15) is 13.2 Å². The molecule has 2 saturated heterocycles. The van der Waals surface area contributed by atoms with Crippen molar-refractivity contribution in [1.29, 1.82) is 0 Å². The molecule has 2 aliphatic heterocycles. The molecule has 0 aromatic rings. The van der Waals surface area contributed by atoms with E-state index in [0.717, 1.165) is 32.4 Å². The van der Waals surface area contributed by atoms with Gasteiger partial charge in [-0.1, -0.05) is 13.3 Å². The van der Waals surface area contributed by atoms with Crippen molar-refractivity contribution >= 4 is 0 Å². The fraction of sp³-hybridized carbons (Fsp3) is 1.00. The maximum Gasteiger partial charge on any atom is 0.401 e. The molecule has 0 aliphatic carbocycles. The van der Waals surface area contributed by atoms with Crippen LogP contribution in [0.5, 0.6) is 0 Å². The molecular formula is C12H21F3N2. The van der Waals surface area contributed by atoms with Gasteiger partial charge in [-0.3, -0.25) is 9.80 Å². The van der Waals surface area contributed by atoms with E-state index < -0.39 is 12.7 Å². The second-order valence-corrected chi connectivity index (χ2v) is 5.25. The Bertz CT molecular complexity index is 255. The lowest BCUT2D eigenvalue weighted by Gasteiger charge is -2.48. The van der Waals surface area contributed by atoms with Crippen LogP contribution >= 0.6 is 0 Å². The number of halogens is 3. The molecule has 0 N–H and O–H groups in total. The molecule has 2 rings (SSSR count). The quantitative estimate of drug-likeness (QED) is 0.743. The van der Waals surface area contributed by atoms with E-state index in [9.17, 15) is 13.2 Å². The molecule has 2 heterocycles. The monoisotopic (exact) mass is 250 g/mol. The fourth-order valence-corrected chi connectivity index (χ4v) is 3.12. The van der Waals surface area contributed by atoms with Gasteiger partial charge in [0.2, 0.25) is 0 Å². The topological polar surface area (TPSA) is 6.48 Å². The molecule has 17 heavy (non-hydrogen) atoms. The maximum absolute atomic E-state index is 12.5. The average molecular weight is 250 g/mol. The summed E-state index contributed by atoms with van der Waals surface area (Å²) in [7, 11) is 0. The number of fused-ring (bicyclic) bond motifs is 1. The molecular weight excluding hydrogens is 229 g/mol. The molecule has 0 aromatic carbocycles.